The van der Waals surface area contributed by atoms with Crippen LogP contribution in [0.2, 0.25) is 0 Å². The van der Waals surface area contributed by atoms with E-state index < -0.39 is 5.97 Å². The molecular weight excluding hydrogens is 256 g/mol. The number of hydrogen-bond donors (Lipinski definition) is 3. The lowest BCUT2D eigenvalue weighted by molar-refractivity contribution is -0.126. The van der Waals surface area contributed by atoms with Gasteiger partial charge >= 0.3 is 5.97 Å². The van der Waals surface area contributed by atoms with E-state index in [-0.39, 0.29) is 17.4 Å². The van der Waals surface area contributed by atoms with Gasteiger partial charge in [0.05, 0.1) is 5.56 Å². The Morgan fingerprint density at radius 2 is 2.20 bits per heavy atom. The summed E-state index contributed by atoms with van der Waals surface area (Å²) >= 11 is 0. The maximum atomic E-state index is 11.9. The predicted molar refractivity (Wildman–Crippen MR) is 75.6 cm³/mol. The fourth-order valence-corrected chi connectivity index (χ4v) is 2.23. The minimum absolute atomic E-state index is 0.0293. The van der Waals surface area contributed by atoms with Gasteiger partial charge in [0.15, 0.2) is 0 Å². The molecule has 1 fully saturated rings. The van der Waals surface area contributed by atoms with Gasteiger partial charge in [-0.3, -0.25) is 4.79 Å². The highest BCUT2D eigenvalue weighted by atomic mass is 16.4. The van der Waals surface area contributed by atoms with E-state index in [4.69, 9.17) is 5.11 Å². The molecule has 5 heteroatoms. The Morgan fingerprint density at radius 1 is 1.45 bits per heavy atom. The van der Waals surface area contributed by atoms with Gasteiger partial charge in [-0.05, 0) is 43.1 Å². The molecule has 1 aromatic carbocycles. The molecule has 1 unspecified atom stereocenters. The van der Waals surface area contributed by atoms with Gasteiger partial charge in [-0.25, -0.2) is 4.79 Å². The first-order valence-corrected chi connectivity index (χ1v) is 6.88. The second-order valence-corrected chi connectivity index (χ2v) is 5.25. The molecule has 2 rings (SSSR count). The van der Waals surface area contributed by atoms with Crippen molar-refractivity contribution in [1.82, 2.24) is 10.6 Å². The number of aromatic carboxylic acids is 1. The number of nitrogens with one attached hydrogen (secondary N) is 2. The van der Waals surface area contributed by atoms with Gasteiger partial charge in [0, 0.05) is 12.5 Å². The second kappa shape index (κ2) is 6.52. The molecule has 1 aliphatic rings. The highest BCUT2D eigenvalue weighted by Gasteiger charge is 2.28. The average molecular weight is 276 g/mol. The van der Waals surface area contributed by atoms with Crippen LogP contribution in [0.4, 0.5) is 0 Å². The number of carbonyl (C=O) groups is 2. The van der Waals surface area contributed by atoms with Crippen LogP contribution in [0.5, 0.6) is 0 Å². The minimum Gasteiger partial charge on any atom is -0.478 e. The molecule has 108 valence electrons. The van der Waals surface area contributed by atoms with E-state index in [1.54, 1.807) is 18.2 Å². The van der Waals surface area contributed by atoms with Crippen LogP contribution in [-0.2, 0) is 11.2 Å². The first kappa shape index (κ1) is 14.5. The van der Waals surface area contributed by atoms with Crippen molar-refractivity contribution in [1.29, 1.82) is 0 Å². The van der Waals surface area contributed by atoms with Gasteiger partial charge in [0.1, 0.15) is 0 Å². The molecule has 0 aliphatic carbocycles. The van der Waals surface area contributed by atoms with Crippen molar-refractivity contribution in [2.45, 2.75) is 13.3 Å². The maximum Gasteiger partial charge on any atom is 0.335 e. The Balaban J connectivity index is 1.79. The first-order valence-electron chi connectivity index (χ1n) is 6.88. The van der Waals surface area contributed by atoms with E-state index in [0.717, 1.165) is 18.7 Å². The summed E-state index contributed by atoms with van der Waals surface area (Å²) in [5, 5.41) is 15.0. The highest BCUT2D eigenvalue weighted by molar-refractivity contribution is 5.87. The van der Waals surface area contributed by atoms with Gasteiger partial charge in [0.2, 0.25) is 5.91 Å². The van der Waals surface area contributed by atoms with E-state index in [0.29, 0.717) is 18.9 Å². The SMILES string of the molecule is CC(C(=O)NCCc1cccc(C(=O)O)c1)C1CNC1. The highest BCUT2D eigenvalue weighted by Crippen LogP contribution is 2.15. The van der Waals surface area contributed by atoms with Crippen LogP contribution in [0.1, 0.15) is 22.8 Å². The molecule has 1 aliphatic heterocycles. The standard InChI is InChI=1S/C15H20N2O3/c1-10(13-8-16-9-13)14(18)17-6-5-11-3-2-4-12(7-11)15(19)20/h2-4,7,10,13,16H,5-6,8-9H2,1H3,(H,17,18)(H,19,20). The summed E-state index contributed by atoms with van der Waals surface area (Å²) in [6, 6.07) is 6.81. The molecule has 1 aromatic rings. The lowest BCUT2D eigenvalue weighted by Crippen LogP contribution is -2.49. The lowest BCUT2D eigenvalue weighted by atomic mass is 9.88. The summed E-state index contributed by atoms with van der Waals surface area (Å²) in [7, 11) is 0. The molecule has 0 saturated carbocycles. The van der Waals surface area contributed by atoms with Crippen LogP contribution in [-0.4, -0.2) is 36.6 Å². The molecule has 1 heterocycles. The van der Waals surface area contributed by atoms with E-state index in [1.165, 1.54) is 0 Å². The first-order chi connectivity index (χ1) is 9.58. The second-order valence-electron chi connectivity index (χ2n) is 5.25. The number of hydrogen-bond acceptors (Lipinski definition) is 3. The van der Waals surface area contributed by atoms with Crippen molar-refractivity contribution in [3.05, 3.63) is 35.4 Å². The van der Waals surface area contributed by atoms with Gasteiger partial charge < -0.3 is 15.7 Å². The topological polar surface area (TPSA) is 78.4 Å². The number of rotatable bonds is 6. The quantitative estimate of drug-likeness (QED) is 0.721. The third-order valence-corrected chi connectivity index (χ3v) is 3.82. The van der Waals surface area contributed by atoms with Gasteiger partial charge in [-0.15, -0.1) is 0 Å². The molecule has 0 radical (unpaired) electrons. The van der Waals surface area contributed by atoms with Crippen molar-refractivity contribution in [2.24, 2.45) is 11.8 Å². The molecule has 0 bridgehead atoms. The van der Waals surface area contributed by atoms with Crippen LogP contribution in [0.25, 0.3) is 0 Å². The fourth-order valence-electron chi connectivity index (χ4n) is 2.23. The Morgan fingerprint density at radius 3 is 2.80 bits per heavy atom. The third kappa shape index (κ3) is 3.57. The van der Waals surface area contributed by atoms with E-state index >= 15 is 0 Å². The number of benzene rings is 1. The summed E-state index contributed by atoms with van der Waals surface area (Å²) in [6.07, 6.45) is 0.641. The van der Waals surface area contributed by atoms with Crippen molar-refractivity contribution in [3.8, 4) is 0 Å². The van der Waals surface area contributed by atoms with Crippen LogP contribution in [0.3, 0.4) is 0 Å². The maximum absolute atomic E-state index is 11.9. The van der Waals surface area contributed by atoms with Gasteiger partial charge in [-0.1, -0.05) is 19.1 Å². The summed E-state index contributed by atoms with van der Waals surface area (Å²) in [4.78, 5) is 22.8. The predicted octanol–water partition coefficient (Wildman–Crippen LogP) is 0.899. The third-order valence-electron chi connectivity index (χ3n) is 3.82. The smallest absolute Gasteiger partial charge is 0.335 e. The number of carboxylic acids is 1. The molecule has 1 saturated heterocycles. The van der Waals surface area contributed by atoms with Gasteiger partial charge in [-0.2, -0.15) is 0 Å². The zero-order valence-corrected chi connectivity index (χ0v) is 11.6. The molecular formula is C15H20N2O3. The molecule has 0 spiro atoms. The molecule has 3 N–H and O–H groups in total. The number of carbonyl (C=O) groups excluding carboxylic acids is 1. The Hall–Kier alpha value is -1.88. The van der Waals surface area contributed by atoms with Crippen molar-refractivity contribution < 1.29 is 14.7 Å². The Kier molecular flexibility index (Phi) is 4.74. The van der Waals surface area contributed by atoms with Crippen LogP contribution >= 0.6 is 0 Å². The molecule has 5 nitrogen and oxygen atoms in total. The zero-order valence-electron chi connectivity index (χ0n) is 11.6. The normalized spacial score (nSPS) is 16.2. The van der Waals surface area contributed by atoms with Crippen molar-refractivity contribution >= 4 is 11.9 Å². The summed E-state index contributed by atoms with van der Waals surface area (Å²) < 4.78 is 0. The summed E-state index contributed by atoms with van der Waals surface area (Å²) in [5.41, 5.74) is 1.20. The largest absolute Gasteiger partial charge is 0.478 e. The molecule has 1 atom stereocenters. The van der Waals surface area contributed by atoms with Crippen LogP contribution in [0, 0.1) is 11.8 Å². The summed E-state index contributed by atoms with van der Waals surface area (Å²) in [6.45, 7) is 4.31. The summed E-state index contributed by atoms with van der Waals surface area (Å²) in [5.74, 6) is -0.389. The average Bonchev–Trinajstić information content (AvgIpc) is 2.36. The number of carboxylic acid groups (broad SMARTS) is 1. The molecule has 0 aromatic heterocycles. The zero-order chi connectivity index (χ0) is 14.5. The van der Waals surface area contributed by atoms with Gasteiger partial charge in [0.25, 0.3) is 0 Å². The van der Waals surface area contributed by atoms with Crippen LogP contribution in [0.15, 0.2) is 24.3 Å². The molecule has 1 amide bonds. The van der Waals surface area contributed by atoms with E-state index in [1.807, 2.05) is 13.0 Å². The van der Waals surface area contributed by atoms with E-state index in [2.05, 4.69) is 10.6 Å². The van der Waals surface area contributed by atoms with Crippen LogP contribution < -0.4 is 10.6 Å². The molecule has 20 heavy (non-hydrogen) atoms. The van der Waals surface area contributed by atoms with E-state index in [9.17, 15) is 9.59 Å². The Bertz CT molecular complexity index is 498. The minimum atomic E-state index is -0.929. The lowest BCUT2D eigenvalue weighted by Gasteiger charge is -2.31. The monoisotopic (exact) mass is 276 g/mol. The van der Waals surface area contributed by atoms with Crippen molar-refractivity contribution in [3.63, 3.8) is 0 Å². The fraction of sp³-hybridized carbons (Fsp3) is 0.467. The number of amides is 1. The van der Waals surface area contributed by atoms with Crippen molar-refractivity contribution in [2.75, 3.05) is 19.6 Å². The Labute approximate surface area is 118 Å².